The Morgan fingerprint density at radius 1 is 1.29 bits per heavy atom. The van der Waals surface area contributed by atoms with E-state index in [1.165, 1.54) is 25.7 Å². The van der Waals surface area contributed by atoms with E-state index in [0.717, 1.165) is 11.6 Å². The Morgan fingerprint density at radius 3 is 2.41 bits per heavy atom. The first kappa shape index (κ1) is 11.9. The standard InChI is InChI=1S/C13H18N2O2/c1-10(11-4-2-3-5-11)14-12-6-8-13(9-7-12)15(16)17/h6-11,14H,2-5H2,1H3. The normalized spacial score (nSPS) is 17.9. The number of hydrogen-bond donors (Lipinski definition) is 1. The van der Waals surface area contributed by atoms with Gasteiger partial charge in [-0.3, -0.25) is 10.1 Å². The quantitative estimate of drug-likeness (QED) is 0.639. The maximum Gasteiger partial charge on any atom is 0.269 e. The fourth-order valence-corrected chi connectivity index (χ4v) is 2.52. The number of nitrogens with zero attached hydrogens (tertiary/aromatic N) is 1. The van der Waals surface area contributed by atoms with Crippen LogP contribution >= 0.6 is 0 Å². The first-order valence-corrected chi connectivity index (χ1v) is 6.18. The average Bonchev–Trinajstić information content (AvgIpc) is 2.83. The summed E-state index contributed by atoms with van der Waals surface area (Å²) < 4.78 is 0. The first-order valence-electron chi connectivity index (χ1n) is 6.18. The predicted molar refractivity (Wildman–Crippen MR) is 68.1 cm³/mol. The third-order valence-electron chi connectivity index (χ3n) is 3.58. The Balaban J connectivity index is 1.96. The van der Waals surface area contributed by atoms with Gasteiger partial charge in [0.15, 0.2) is 0 Å². The molecule has 4 heteroatoms. The summed E-state index contributed by atoms with van der Waals surface area (Å²) in [6, 6.07) is 7.10. The SMILES string of the molecule is CC(Nc1ccc([N+](=O)[O-])cc1)C1CCCC1. The summed E-state index contributed by atoms with van der Waals surface area (Å²) in [6.45, 7) is 2.19. The molecule has 1 aromatic carbocycles. The van der Waals surface area contributed by atoms with Gasteiger partial charge in [0.25, 0.3) is 5.69 Å². The summed E-state index contributed by atoms with van der Waals surface area (Å²) in [5, 5.41) is 14.0. The molecule has 0 spiro atoms. The Hall–Kier alpha value is -1.58. The van der Waals surface area contributed by atoms with E-state index in [4.69, 9.17) is 0 Å². The van der Waals surface area contributed by atoms with E-state index < -0.39 is 0 Å². The second-order valence-corrected chi connectivity index (χ2v) is 4.78. The van der Waals surface area contributed by atoms with Crippen LogP contribution in [0.25, 0.3) is 0 Å². The van der Waals surface area contributed by atoms with E-state index in [-0.39, 0.29) is 10.6 Å². The van der Waals surface area contributed by atoms with Crippen molar-refractivity contribution in [3.63, 3.8) is 0 Å². The molecule has 1 aliphatic rings. The molecule has 1 fully saturated rings. The van der Waals surface area contributed by atoms with Crippen LogP contribution in [0.4, 0.5) is 11.4 Å². The van der Waals surface area contributed by atoms with Crippen molar-refractivity contribution < 1.29 is 4.92 Å². The molecule has 1 saturated carbocycles. The lowest BCUT2D eigenvalue weighted by Crippen LogP contribution is -2.23. The zero-order valence-electron chi connectivity index (χ0n) is 10.1. The maximum absolute atomic E-state index is 10.5. The van der Waals surface area contributed by atoms with Gasteiger partial charge in [-0.15, -0.1) is 0 Å². The Morgan fingerprint density at radius 2 is 1.88 bits per heavy atom. The molecule has 0 aliphatic heterocycles. The lowest BCUT2D eigenvalue weighted by molar-refractivity contribution is -0.384. The first-order chi connectivity index (χ1) is 8.16. The monoisotopic (exact) mass is 234 g/mol. The van der Waals surface area contributed by atoms with Crippen molar-refractivity contribution >= 4 is 11.4 Å². The van der Waals surface area contributed by atoms with Crippen molar-refractivity contribution in [2.75, 3.05) is 5.32 Å². The summed E-state index contributed by atoms with van der Waals surface area (Å²) >= 11 is 0. The third kappa shape index (κ3) is 2.96. The van der Waals surface area contributed by atoms with Crippen LogP contribution in [0.15, 0.2) is 24.3 Å². The minimum absolute atomic E-state index is 0.143. The van der Waals surface area contributed by atoms with Gasteiger partial charge in [-0.05, 0) is 37.8 Å². The molecule has 1 aromatic rings. The predicted octanol–water partition coefficient (Wildman–Crippen LogP) is 3.59. The van der Waals surface area contributed by atoms with Crippen LogP contribution < -0.4 is 5.32 Å². The summed E-state index contributed by atoms with van der Waals surface area (Å²) in [7, 11) is 0. The fourth-order valence-electron chi connectivity index (χ4n) is 2.52. The van der Waals surface area contributed by atoms with Crippen LogP contribution in [-0.4, -0.2) is 11.0 Å². The van der Waals surface area contributed by atoms with Crippen molar-refractivity contribution in [1.82, 2.24) is 0 Å². The van der Waals surface area contributed by atoms with Crippen LogP contribution in [0.2, 0.25) is 0 Å². The molecule has 17 heavy (non-hydrogen) atoms. The maximum atomic E-state index is 10.5. The van der Waals surface area contributed by atoms with E-state index in [9.17, 15) is 10.1 Å². The molecule has 4 nitrogen and oxygen atoms in total. The number of nitro groups is 1. The lowest BCUT2D eigenvalue weighted by atomic mass is 9.99. The van der Waals surface area contributed by atoms with Crippen molar-refractivity contribution in [1.29, 1.82) is 0 Å². The molecular weight excluding hydrogens is 216 g/mol. The van der Waals surface area contributed by atoms with Crippen molar-refractivity contribution in [2.24, 2.45) is 5.92 Å². The smallest absolute Gasteiger partial charge is 0.269 e. The van der Waals surface area contributed by atoms with E-state index in [0.29, 0.717) is 6.04 Å². The lowest BCUT2D eigenvalue weighted by Gasteiger charge is -2.21. The summed E-state index contributed by atoms with van der Waals surface area (Å²) in [5.74, 6) is 0.741. The molecular formula is C13H18N2O2. The largest absolute Gasteiger partial charge is 0.382 e. The minimum Gasteiger partial charge on any atom is -0.382 e. The number of rotatable bonds is 4. The molecule has 1 atom stereocenters. The highest BCUT2D eigenvalue weighted by Gasteiger charge is 2.21. The van der Waals surface area contributed by atoms with Crippen LogP contribution in [-0.2, 0) is 0 Å². The van der Waals surface area contributed by atoms with Gasteiger partial charge >= 0.3 is 0 Å². The van der Waals surface area contributed by atoms with Gasteiger partial charge in [-0.1, -0.05) is 12.8 Å². The van der Waals surface area contributed by atoms with Gasteiger partial charge in [0.2, 0.25) is 0 Å². The highest BCUT2D eigenvalue weighted by molar-refractivity contribution is 5.49. The topological polar surface area (TPSA) is 55.2 Å². The second kappa shape index (κ2) is 5.17. The van der Waals surface area contributed by atoms with Crippen LogP contribution in [0.3, 0.4) is 0 Å². The van der Waals surface area contributed by atoms with Crippen molar-refractivity contribution in [3.05, 3.63) is 34.4 Å². The third-order valence-corrected chi connectivity index (χ3v) is 3.58. The number of non-ortho nitro benzene ring substituents is 1. The zero-order chi connectivity index (χ0) is 12.3. The number of anilines is 1. The van der Waals surface area contributed by atoms with Gasteiger partial charge in [0, 0.05) is 23.9 Å². The average molecular weight is 234 g/mol. The Kier molecular flexibility index (Phi) is 3.61. The van der Waals surface area contributed by atoms with Gasteiger partial charge in [-0.25, -0.2) is 0 Å². The fraction of sp³-hybridized carbons (Fsp3) is 0.538. The van der Waals surface area contributed by atoms with E-state index in [2.05, 4.69) is 12.2 Å². The summed E-state index contributed by atoms with van der Waals surface area (Å²) in [5.41, 5.74) is 1.11. The van der Waals surface area contributed by atoms with Crippen LogP contribution in [0, 0.1) is 16.0 Å². The van der Waals surface area contributed by atoms with E-state index in [1.807, 2.05) is 0 Å². The highest BCUT2D eigenvalue weighted by Crippen LogP contribution is 2.29. The molecule has 1 aliphatic carbocycles. The van der Waals surface area contributed by atoms with E-state index >= 15 is 0 Å². The van der Waals surface area contributed by atoms with Gasteiger partial charge in [-0.2, -0.15) is 0 Å². The molecule has 0 aromatic heterocycles. The molecule has 0 bridgehead atoms. The molecule has 92 valence electrons. The molecule has 1 unspecified atom stereocenters. The Labute approximate surface area is 101 Å². The molecule has 0 radical (unpaired) electrons. The Bertz CT molecular complexity index is 383. The minimum atomic E-state index is -0.371. The van der Waals surface area contributed by atoms with Gasteiger partial charge < -0.3 is 5.32 Å². The number of nitrogens with one attached hydrogen (secondary N) is 1. The second-order valence-electron chi connectivity index (χ2n) is 4.78. The number of nitro benzene ring substituents is 1. The molecule has 0 saturated heterocycles. The summed E-state index contributed by atoms with van der Waals surface area (Å²) in [6.07, 6.45) is 5.25. The summed E-state index contributed by atoms with van der Waals surface area (Å²) in [4.78, 5) is 10.2. The van der Waals surface area contributed by atoms with Gasteiger partial charge in [0.1, 0.15) is 0 Å². The van der Waals surface area contributed by atoms with Crippen molar-refractivity contribution in [2.45, 2.75) is 38.6 Å². The van der Waals surface area contributed by atoms with E-state index in [1.54, 1.807) is 24.3 Å². The molecule has 0 heterocycles. The van der Waals surface area contributed by atoms with Gasteiger partial charge in [0.05, 0.1) is 4.92 Å². The molecule has 1 N–H and O–H groups in total. The number of hydrogen-bond acceptors (Lipinski definition) is 3. The highest BCUT2D eigenvalue weighted by atomic mass is 16.6. The van der Waals surface area contributed by atoms with Crippen LogP contribution in [0.1, 0.15) is 32.6 Å². The zero-order valence-corrected chi connectivity index (χ0v) is 10.1. The van der Waals surface area contributed by atoms with Crippen LogP contribution in [0.5, 0.6) is 0 Å². The molecule has 0 amide bonds. The number of benzene rings is 1. The van der Waals surface area contributed by atoms with Crippen molar-refractivity contribution in [3.8, 4) is 0 Å². The molecule has 2 rings (SSSR count).